The summed E-state index contributed by atoms with van der Waals surface area (Å²) in [5, 5.41) is 0. The smallest absolute Gasteiger partial charge is 0.251 e. The van der Waals surface area contributed by atoms with E-state index in [9.17, 15) is 4.79 Å². The summed E-state index contributed by atoms with van der Waals surface area (Å²) in [5.74, 6) is 0. The van der Waals surface area contributed by atoms with Crippen LogP contribution in [-0.4, -0.2) is 18.1 Å². The zero-order valence-electron chi connectivity index (χ0n) is 12.1. The van der Waals surface area contributed by atoms with Crippen molar-refractivity contribution in [2.45, 2.75) is 26.7 Å². The number of nitrogens with one attached hydrogen (secondary N) is 1. The summed E-state index contributed by atoms with van der Waals surface area (Å²) in [4.78, 5) is 17.2. The van der Waals surface area contributed by atoms with Crippen LogP contribution in [0.2, 0.25) is 0 Å². The van der Waals surface area contributed by atoms with Crippen molar-refractivity contribution < 1.29 is 0 Å². The predicted octanol–water partition coefficient (Wildman–Crippen LogP) is 3.12. The third-order valence-corrected chi connectivity index (χ3v) is 4.07. The van der Waals surface area contributed by atoms with Crippen molar-refractivity contribution >= 4 is 5.69 Å². The summed E-state index contributed by atoms with van der Waals surface area (Å²) in [6, 6.07) is 10.5. The van der Waals surface area contributed by atoms with Gasteiger partial charge in [0.2, 0.25) is 0 Å². The Morgan fingerprint density at radius 2 is 1.90 bits per heavy atom. The molecule has 0 unspecified atom stereocenters. The SMILES string of the molecule is CCc1cc(C)c(=O)[nH]c1-c1ccc(N2CCC2)cc1. The molecular formula is C17H20N2O. The molecule has 0 spiro atoms. The molecule has 2 aromatic rings. The molecule has 104 valence electrons. The van der Waals surface area contributed by atoms with Gasteiger partial charge in [0.1, 0.15) is 0 Å². The minimum absolute atomic E-state index is 0.00372. The fraction of sp³-hybridized carbons (Fsp3) is 0.353. The molecule has 3 heteroatoms. The molecular weight excluding hydrogens is 248 g/mol. The number of rotatable bonds is 3. The molecule has 0 saturated carbocycles. The van der Waals surface area contributed by atoms with E-state index >= 15 is 0 Å². The third kappa shape index (κ3) is 2.24. The van der Waals surface area contributed by atoms with E-state index in [-0.39, 0.29) is 5.56 Å². The third-order valence-electron chi connectivity index (χ3n) is 4.07. The van der Waals surface area contributed by atoms with E-state index in [1.807, 2.05) is 13.0 Å². The highest BCUT2D eigenvalue weighted by Crippen LogP contribution is 2.26. The van der Waals surface area contributed by atoms with Gasteiger partial charge in [0, 0.05) is 24.3 Å². The molecule has 0 atom stereocenters. The molecule has 1 N–H and O–H groups in total. The van der Waals surface area contributed by atoms with Crippen molar-refractivity contribution in [1.82, 2.24) is 4.98 Å². The van der Waals surface area contributed by atoms with Crippen LogP contribution in [0.25, 0.3) is 11.3 Å². The number of anilines is 1. The van der Waals surface area contributed by atoms with E-state index in [1.54, 1.807) is 0 Å². The highest BCUT2D eigenvalue weighted by molar-refractivity contribution is 5.66. The van der Waals surface area contributed by atoms with Gasteiger partial charge in [0.15, 0.2) is 0 Å². The second-order valence-electron chi connectivity index (χ2n) is 5.42. The van der Waals surface area contributed by atoms with Gasteiger partial charge in [-0.25, -0.2) is 0 Å². The van der Waals surface area contributed by atoms with Gasteiger partial charge in [-0.3, -0.25) is 4.79 Å². The second-order valence-corrected chi connectivity index (χ2v) is 5.42. The Balaban J connectivity index is 1.99. The Bertz CT molecular complexity index is 666. The van der Waals surface area contributed by atoms with Crippen LogP contribution in [0.1, 0.15) is 24.5 Å². The Morgan fingerprint density at radius 1 is 1.20 bits per heavy atom. The number of pyridine rings is 1. The van der Waals surface area contributed by atoms with E-state index in [0.29, 0.717) is 0 Å². The number of aryl methyl sites for hydroxylation is 2. The Kier molecular flexibility index (Phi) is 3.35. The lowest BCUT2D eigenvalue weighted by atomic mass is 10.0. The highest BCUT2D eigenvalue weighted by Gasteiger charge is 2.14. The van der Waals surface area contributed by atoms with Crippen LogP contribution in [0, 0.1) is 6.92 Å². The van der Waals surface area contributed by atoms with Crippen molar-refractivity contribution in [2.75, 3.05) is 18.0 Å². The van der Waals surface area contributed by atoms with E-state index < -0.39 is 0 Å². The predicted molar refractivity (Wildman–Crippen MR) is 83.4 cm³/mol. The zero-order valence-corrected chi connectivity index (χ0v) is 12.1. The lowest BCUT2D eigenvalue weighted by Crippen LogP contribution is -2.36. The summed E-state index contributed by atoms with van der Waals surface area (Å²) >= 11 is 0. The first-order valence-electron chi connectivity index (χ1n) is 7.27. The van der Waals surface area contributed by atoms with Crippen LogP contribution in [0.4, 0.5) is 5.69 Å². The molecule has 1 aromatic carbocycles. The van der Waals surface area contributed by atoms with Crippen LogP contribution in [0.5, 0.6) is 0 Å². The fourth-order valence-electron chi connectivity index (χ4n) is 2.64. The minimum atomic E-state index is 0.00372. The molecule has 1 aliphatic heterocycles. The molecule has 1 saturated heterocycles. The van der Waals surface area contributed by atoms with Crippen LogP contribution in [0.15, 0.2) is 35.1 Å². The first kappa shape index (κ1) is 13.0. The topological polar surface area (TPSA) is 36.1 Å². The van der Waals surface area contributed by atoms with E-state index in [2.05, 4.69) is 41.1 Å². The molecule has 1 aromatic heterocycles. The molecule has 0 aliphatic carbocycles. The van der Waals surface area contributed by atoms with Gasteiger partial charge in [0.25, 0.3) is 5.56 Å². The van der Waals surface area contributed by atoms with Gasteiger partial charge < -0.3 is 9.88 Å². The first-order chi connectivity index (χ1) is 9.69. The normalized spacial score (nSPS) is 14.2. The van der Waals surface area contributed by atoms with Gasteiger partial charge in [-0.05, 0) is 49.1 Å². The number of hydrogen-bond donors (Lipinski definition) is 1. The van der Waals surface area contributed by atoms with Gasteiger partial charge in [0.05, 0.1) is 5.69 Å². The van der Waals surface area contributed by atoms with Crippen LogP contribution in [-0.2, 0) is 6.42 Å². The molecule has 20 heavy (non-hydrogen) atoms. The molecule has 0 bridgehead atoms. The molecule has 0 amide bonds. The standard InChI is InChI=1S/C17H20N2O/c1-3-13-11-12(2)17(20)18-16(13)14-5-7-15(8-6-14)19-9-4-10-19/h5-8,11H,3-4,9-10H2,1-2H3,(H,18,20). The van der Waals surface area contributed by atoms with Crippen molar-refractivity contribution in [2.24, 2.45) is 0 Å². The Labute approximate surface area is 119 Å². The second kappa shape index (κ2) is 5.16. The monoisotopic (exact) mass is 268 g/mol. The summed E-state index contributed by atoms with van der Waals surface area (Å²) < 4.78 is 0. The lowest BCUT2D eigenvalue weighted by Gasteiger charge is -2.33. The quantitative estimate of drug-likeness (QED) is 0.928. The molecule has 3 rings (SSSR count). The van der Waals surface area contributed by atoms with E-state index in [4.69, 9.17) is 0 Å². The Morgan fingerprint density at radius 3 is 2.45 bits per heavy atom. The van der Waals surface area contributed by atoms with Crippen molar-refractivity contribution in [3.05, 3.63) is 51.8 Å². The van der Waals surface area contributed by atoms with Crippen LogP contribution >= 0.6 is 0 Å². The number of aromatic amines is 1. The average Bonchev–Trinajstić information content (AvgIpc) is 2.40. The average molecular weight is 268 g/mol. The molecule has 2 heterocycles. The van der Waals surface area contributed by atoms with Crippen LogP contribution < -0.4 is 10.5 Å². The number of nitrogens with zero attached hydrogens (tertiary/aromatic N) is 1. The molecule has 0 radical (unpaired) electrons. The van der Waals surface area contributed by atoms with E-state index in [0.717, 1.165) is 36.3 Å². The molecule has 1 aliphatic rings. The number of H-pyrrole nitrogens is 1. The summed E-state index contributed by atoms with van der Waals surface area (Å²) in [6.07, 6.45) is 2.20. The maximum Gasteiger partial charge on any atom is 0.251 e. The zero-order chi connectivity index (χ0) is 14.1. The van der Waals surface area contributed by atoms with Crippen molar-refractivity contribution in [3.8, 4) is 11.3 Å². The van der Waals surface area contributed by atoms with Gasteiger partial charge in [-0.1, -0.05) is 19.1 Å². The highest BCUT2D eigenvalue weighted by atomic mass is 16.1. The molecule has 3 nitrogen and oxygen atoms in total. The number of benzene rings is 1. The molecule has 1 fully saturated rings. The van der Waals surface area contributed by atoms with Crippen molar-refractivity contribution in [1.29, 1.82) is 0 Å². The fourth-order valence-corrected chi connectivity index (χ4v) is 2.64. The lowest BCUT2D eigenvalue weighted by molar-refractivity contribution is 0.618. The Hall–Kier alpha value is -2.03. The van der Waals surface area contributed by atoms with Gasteiger partial charge in [-0.2, -0.15) is 0 Å². The van der Waals surface area contributed by atoms with E-state index in [1.165, 1.54) is 17.7 Å². The number of hydrogen-bond acceptors (Lipinski definition) is 2. The van der Waals surface area contributed by atoms with Crippen molar-refractivity contribution in [3.63, 3.8) is 0 Å². The van der Waals surface area contributed by atoms with Gasteiger partial charge in [-0.15, -0.1) is 0 Å². The summed E-state index contributed by atoms with van der Waals surface area (Å²) in [5.41, 5.74) is 5.29. The van der Waals surface area contributed by atoms with Crippen LogP contribution in [0.3, 0.4) is 0 Å². The maximum atomic E-state index is 11.8. The van der Waals surface area contributed by atoms with Gasteiger partial charge >= 0.3 is 0 Å². The summed E-state index contributed by atoms with van der Waals surface area (Å²) in [6.45, 7) is 6.28. The summed E-state index contributed by atoms with van der Waals surface area (Å²) in [7, 11) is 0. The number of aromatic nitrogens is 1. The largest absolute Gasteiger partial charge is 0.371 e. The minimum Gasteiger partial charge on any atom is -0.371 e. The first-order valence-corrected chi connectivity index (χ1v) is 7.27. The maximum absolute atomic E-state index is 11.8.